The van der Waals surface area contributed by atoms with E-state index >= 15 is 4.39 Å². The van der Waals surface area contributed by atoms with Crippen LogP contribution in [0.3, 0.4) is 0 Å². The van der Waals surface area contributed by atoms with E-state index in [0.717, 1.165) is 16.8 Å². The molecule has 0 aliphatic carbocycles. The summed E-state index contributed by atoms with van der Waals surface area (Å²) in [6, 6.07) is 2.59. The molecule has 2 heterocycles. The molecule has 3 rings (SSSR count). The van der Waals surface area contributed by atoms with Crippen molar-refractivity contribution in [1.82, 2.24) is 14.2 Å². The van der Waals surface area contributed by atoms with Gasteiger partial charge in [-0.25, -0.2) is 26.7 Å². The second-order valence-corrected chi connectivity index (χ2v) is 13.6. The van der Waals surface area contributed by atoms with Gasteiger partial charge in [0.25, 0.3) is 5.91 Å². The molecule has 2 amide bonds. The number of hydrogen-bond donors (Lipinski definition) is 2. The van der Waals surface area contributed by atoms with Crippen LogP contribution in [0.2, 0.25) is 0 Å². The van der Waals surface area contributed by atoms with Crippen LogP contribution in [0.25, 0.3) is 0 Å². The summed E-state index contributed by atoms with van der Waals surface area (Å²) < 4.78 is 69.9. The van der Waals surface area contributed by atoms with Crippen molar-refractivity contribution in [3.63, 3.8) is 0 Å². The van der Waals surface area contributed by atoms with Gasteiger partial charge in [0, 0.05) is 32.0 Å². The number of aromatic nitrogens is 1. The lowest BCUT2D eigenvalue weighted by atomic mass is 10.0. The van der Waals surface area contributed by atoms with Crippen molar-refractivity contribution < 1.29 is 41.1 Å². The molecule has 1 fully saturated rings. The number of hydrogen-bond acceptors (Lipinski definition) is 7. The van der Waals surface area contributed by atoms with Crippen molar-refractivity contribution in [3.05, 3.63) is 47.3 Å². The van der Waals surface area contributed by atoms with Gasteiger partial charge < -0.3 is 24.3 Å². The van der Waals surface area contributed by atoms with Crippen LogP contribution in [0.5, 0.6) is 0 Å². The molecule has 0 radical (unpaired) electrons. The smallest absolute Gasteiger partial charge is 0.410 e. The number of anilines is 1. The number of carbonyl (C=O) groups excluding carboxylic acids is 3. The summed E-state index contributed by atoms with van der Waals surface area (Å²) in [5.41, 5.74) is -1.88. The summed E-state index contributed by atoms with van der Waals surface area (Å²) in [4.78, 5) is 38.9. The number of amides is 2. The standard InChI is InChI=1S/C27H36F2N4O7S/c1-15-11-16(9-10-18(15)28)30-23(34)22-21(29)20(14-32(22)8)41(37,38)31-19-13-33(25(36)40-27(5,6)7)12-17(19)24(35)39-26(2,3)4/h9-11,14,17,19,31H,12-13H2,1-8H3,(H,30,34)/t17-,19-/m0/s1. The summed E-state index contributed by atoms with van der Waals surface area (Å²) in [6.45, 7) is 11.0. The number of benzene rings is 1. The lowest BCUT2D eigenvalue weighted by molar-refractivity contribution is -0.159. The predicted molar refractivity (Wildman–Crippen MR) is 146 cm³/mol. The van der Waals surface area contributed by atoms with Crippen LogP contribution in [0.1, 0.15) is 57.6 Å². The van der Waals surface area contributed by atoms with Gasteiger partial charge in [0.2, 0.25) is 10.0 Å². The molecule has 11 nitrogen and oxygen atoms in total. The van der Waals surface area contributed by atoms with E-state index in [9.17, 15) is 27.2 Å². The molecule has 226 valence electrons. The van der Waals surface area contributed by atoms with Gasteiger partial charge >= 0.3 is 12.1 Å². The van der Waals surface area contributed by atoms with Crippen molar-refractivity contribution >= 4 is 33.7 Å². The second-order valence-electron chi connectivity index (χ2n) is 11.9. The highest BCUT2D eigenvalue weighted by Crippen LogP contribution is 2.27. The molecule has 2 N–H and O–H groups in total. The zero-order valence-electron chi connectivity index (χ0n) is 24.3. The number of esters is 1. The number of nitrogens with zero attached hydrogens (tertiary/aromatic N) is 2. The molecule has 2 aromatic rings. The van der Waals surface area contributed by atoms with Gasteiger partial charge in [-0.3, -0.25) is 9.59 Å². The van der Waals surface area contributed by atoms with E-state index in [1.165, 1.54) is 31.0 Å². The highest BCUT2D eigenvalue weighted by Gasteiger charge is 2.45. The average molecular weight is 599 g/mol. The number of likely N-dealkylation sites (tertiary alicyclic amines) is 1. The van der Waals surface area contributed by atoms with Crippen LogP contribution in [-0.2, 0) is 31.3 Å². The quantitative estimate of drug-likeness (QED) is 0.484. The van der Waals surface area contributed by atoms with E-state index in [0.29, 0.717) is 0 Å². The second kappa shape index (κ2) is 11.4. The third kappa shape index (κ3) is 7.82. The van der Waals surface area contributed by atoms with Gasteiger partial charge in [0.15, 0.2) is 5.82 Å². The molecule has 41 heavy (non-hydrogen) atoms. The summed E-state index contributed by atoms with van der Waals surface area (Å²) >= 11 is 0. The van der Waals surface area contributed by atoms with Crippen LogP contribution in [0, 0.1) is 24.5 Å². The van der Waals surface area contributed by atoms with Crippen molar-refractivity contribution in [2.75, 3.05) is 18.4 Å². The van der Waals surface area contributed by atoms with E-state index in [4.69, 9.17) is 9.47 Å². The van der Waals surface area contributed by atoms with Crippen molar-refractivity contribution in [2.45, 2.75) is 70.6 Å². The Hall–Kier alpha value is -3.52. The topological polar surface area (TPSA) is 136 Å². The number of carbonyl (C=O) groups is 3. The molecule has 1 aliphatic rings. The maximum atomic E-state index is 15.5. The van der Waals surface area contributed by atoms with Gasteiger partial charge in [-0.1, -0.05) is 0 Å². The Morgan fingerprint density at radius 3 is 2.17 bits per heavy atom. The Balaban J connectivity index is 1.88. The van der Waals surface area contributed by atoms with E-state index in [2.05, 4.69) is 10.0 Å². The maximum Gasteiger partial charge on any atom is 0.410 e. The van der Waals surface area contributed by atoms with Crippen LogP contribution in [0.15, 0.2) is 29.3 Å². The van der Waals surface area contributed by atoms with Crippen molar-refractivity contribution in [3.8, 4) is 0 Å². The summed E-state index contributed by atoms with van der Waals surface area (Å²) in [5, 5.41) is 2.43. The number of aryl methyl sites for hydroxylation is 2. The number of rotatable bonds is 6. The van der Waals surface area contributed by atoms with E-state index < -0.39 is 73.4 Å². The molecule has 1 saturated heterocycles. The summed E-state index contributed by atoms with van der Waals surface area (Å²) in [6.07, 6.45) is 0.166. The molecule has 0 spiro atoms. The minimum absolute atomic E-state index is 0.186. The maximum absolute atomic E-state index is 15.5. The molecule has 0 unspecified atom stereocenters. The first kappa shape index (κ1) is 32.0. The zero-order chi connectivity index (χ0) is 31.1. The van der Waals surface area contributed by atoms with Crippen LogP contribution in [-0.4, -0.2) is 66.2 Å². The third-order valence-corrected chi connectivity index (χ3v) is 7.47. The predicted octanol–water partition coefficient (Wildman–Crippen LogP) is 3.72. The number of sulfonamides is 1. The fraction of sp³-hybridized carbons (Fsp3) is 0.519. The fourth-order valence-corrected chi connectivity index (χ4v) is 5.60. The minimum Gasteiger partial charge on any atom is -0.460 e. The van der Waals surface area contributed by atoms with Gasteiger partial charge in [0.1, 0.15) is 27.6 Å². The van der Waals surface area contributed by atoms with Gasteiger partial charge in [0.05, 0.1) is 12.0 Å². The number of ether oxygens (including phenoxy) is 2. The van der Waals surface area contributed by atoms with Gasteiger partial charge in [-0.05, 0) is 72.2 Å². The zero-order valence-corrected chi connectivity index (χ0v) is 25.1. The molecule has 1 aliphatic heterocycles. The Kier molecular flexibility index (Phi) is 8.89. The molecule has 0 bridgehead atoms. The number of nitrogens with one attached hydrogen (secondary N) is 2. The Morgan fingerprint density at radius 2 is 1.61 bits per heavy atom. The first-order valence-electron chi connectivity index (χ1n) is 12.8. The van der Waals surface area contributed by atoms with E-state index in [-0.39, 0.29) is 24.3 Å². The molecule has 2 atom stereocenters. The van der Waals surface area contributed by atoms with Gasteiger partial charge in [-0.2, -0.15) is 0 Å². The lowest BCUT2D eigenvalue weighted by Gasteiger charge is -2.25. The SMILES string of the molecule is Cc1cc(NC(=O)c2c(F)c(S(=O)(=O)N[C@H]3CN(C(=O)OC(C)(C)C)C[C@@H]3C(=O)OC(C)(C)C)cn2C)ccc1F. The van der Waals surface area contributed by atoms with Crippen LogP contribution < -0.4 is 10.0 Å². The molecule has 14 heteroatoms. The summed E-state index contributed by atoms with van der Waals surface area (Å²) in [5.74, 6) is -4.64. The fourth-order valence-electron chi connectivity index (χ4n) is 4.21. The van der Waals surface area contributed by atoms with Crippen LogP contribution in [0.4, 0.5) is 19.3 Å². The summed E-state index contributed by atoms with van der Waals surface area (Å²) in [7, 11) is -3.36. The van der Waals surface area contributed by atoms with E-state index in [1.54, 1.807) is 41.5 Å². The monoisotopic (exact) mass is 598 g/mol. The molecular weight excluding hydrogens is 562 g/mol. The Bertz CT molecular complexity index is 1460. The normalized spacial score (nSPS) is 17.9. The molecule has 1 aromatic carbocycles. The molecule has 0 saturated carbocycles. The Morgan fingerprint density at radius 1 is 1.00 bits per heavy atom. The van der Waals surface area contributed by atoms with Crippen molar-refractivity contribution in [1.29, 1.82) is 0 Å². The first-order valence-corrected chi connectivity index (χ1v) is 14.3. The molecule has 1 aromatic heterocycles. The Labute approximate surface area is 238 Å². The highest BCUT2D eigenvalue weighted by molar-refractivity contribution is 7.89. The lowest BCUT2D eigenvalue weighted by Crippen LogP contribution is -2.44. The molecular formula is C27H36F2N4O7S. The van der Waals surface area contributed by atoms with Gasteiger partial charge in [-0.15, -0.1) is 0 Å². The first-order chi connectivity index (χ1) is 18.7. The average Bonchev–Trinajstić information content (AvgIpc) is 3.34. The van der Waals surface area contributed by atoms with Crippen LogP contribution >= 0.6 is 0 Å². The third-order valence-electron chi connectivity index (χ3n) is 6.00. The van der Waals surface area contributed by atoms with Crippen molar-refractivity contribution in [2.24, 2.45) is 13.0 Å². The highest BCUT2D eigenvalue weighted by atomic mass is 32.2. The number of halogens is 2. The van der Waals surface area contributed by atoms with E-state index in [1.807, 2.05) is 0 Å². The minimum atomic E-state index is -4.65. The largest absolute Gasteiger partial charge is 0.460 e.